The highest BCUT2D eigenvalue weighted by Crippen LogP contribution is 2.08. The van der Waals surface area contributed by atoms with Crippen LogP contribution in [0.25, 0.3) is 6.08 Å². The number of likely N-dealkylation sites (tertiary alicyclic amines) is 1. The molecule has 2 amide bonds. The number of carbonyl (C=O) groups is 3. The number of benzene rings is 1. The van der Waals surface area contributed by atoms with Crippen LogP contribution in [0.3, 0.4) is 0 Å². The first kappa shape index (κ1) is 16.7. The maximum absolute atomic E-state index is 11.8. The fourth-order valence-corrected chi connectivity index (χ4v) is 2.32. The number of nitrogens with zero attached hydrogens (tertiary/aromatic N) is 1. The number of ether oxygens (including phenoxy) is 1. The molecule has 1 saturated heterocycles. The lowest BCUT2D eigenvalue weighted by Crippen LogP contribution is -2.38. The van der Waals surface area contributed by atoms with E-state index in [2.05, 4.69) is 10.1 Å². The number of esters is 1. The van der Waals surface area contributed by atoms with Gasteiger partial charge in [-0.15, -0.1) is 0 Å². The molecule has 1 aromatic carbocycles. The van der Waals surface area contributed by atoms with Crippen LogP contribution >= 0.6 is 0 Å². The second-order valence-corrected chi connectivity index (χ2v) is 5.25. The summed E-state index contributed by atoms with van der Waals surface area (Å²) in [6, 6.07) is 6.68. The molecule has 0 saturated carbocycles. The van der Waals surface area contributed by atoms with E-state index in [4.69, 9.17) is 0 Å². The number of amides is 2. The number of hydrogen-bond acceptors (Lipinski definition) is 4. The second-order valence-electron chi connectivity index (χ2n) is 5.25. The van der Waals surface area contributed by atoms with Crippen LogP contribution in [0.15, 0.2) is 30.3 Å². The van der Waals surface area contributed by atoms with Crippen LogP contribution in [0.1, 0.15) is 28.8 Å². The highest BCUT2D eigenvalue weighted by Gasteiger charge is 2.17. The summed E-state index contributed by atoms with van der Waals surface area (Å²) in [6.45, 7) is 1.57. The van der Waals surface area contributed by atoms with Crippen LogP contribution in [-0.2, 0) is 14.3 Å². The van der Waals surface area contributed by atoms with Crippen LogP contribution in [0.5, 0.6) is 0 Å². The molecule has 0 bridgehead atoms. The fourth-order valence-electron chi connectivity index (χ4n) is 2.32. The van der Waals surface area contributed by atoms with Crippen LogP contribution in [-0.4, -0.2) is 49.4 Å². The zero-order valence-electron chi connectivity index (χ0n) is 13.1. The molecule has 0 aromatic heterocycles. The van der Waals surface area contributed by atoms with Crippen molar-refractivity contribution >= 4 is 23.9 Å². The Bertz CT molecular complexity index is 602. The molecule has 6 heteroatoms. The molecular formula is C17H20N2O4. The van der Waals surface area contributed by atoms with E-state index in [0.717, 1.165) is 31.5 Å². The van der Waals surface area contributed by atoms with Gasteiger partial charge in [0.1, 0.15) is 0 Å². The van der Waals surface area contributed by atoms with E-state index in [1.54, 1.807) is 35.2 Å². The van der Waals surface area contributed by atoms with Gasteiger partial charge in [0.15, 0.2) is 0 Å². The van der Waals surface area contributed by atoms with E-state index in [1.807, 2.05) is 0 Å². The fraction of sp³-hybridized carbons (Fsp3) is 0.353. The Balaban J connectivity index is 1.81. The molecule has 122 valence electrons. The molecule has 1 fully saturated rings. The first-order valence-electron chi connectivity index (χ1n) is 7.52. The van der Waals surface area contributed by atoms with Gasteiger partial charge in [-0.1, -0.05) is 12.1 Å². The summed E-state index contributed by atoms with van der Waals surface area (Å²) >= 11 is 0. The first-order chi connectivity index (χ1) is 11.1. The van der Waals surface area contributed by atoms with Crippen molar-refractivity contribution in [2.45, 2.75) is 12.8 Å². The average Bonchev–Trinajstić information content (AvgIpc) is 3.12. The number of carbonyl (C=O) groups excluding carboxylic acids is 3. The standard InChI is InChI=1S/C17H20N2O4/c1-23-17(22)14-7-4-13(5-8-14)6-9-15(20)18-12-16(21)19-10-2-3-11-19/h4-9H,2-3,10-12H2,1H3,(H,18,20)/b9-6+. The first-order valence-corrected chi connectivity index (χ1v) is 7.52. The maximum Gasteiger partial charge on any atom is 0.337 e. The molecule has 0 radical (unpaired) electrons. The van der Waals surface area contributed by atoms with E-state index in [1.165, 1.54) is 13.2 Å². The number of methoxy groups -OCH3 is 1. The van der Waals surface area contributed by atoms with E-state index >= 15 is 0 Å². The summed E-state index contributed by atoms with van der Waals surface area (Å²) in [5.74, 6) is -0.778. The topological polar surface area (TPSA) is 75.7 Å². The van der Waals surface area contributed by atoms with Gasteiger partial charge in [-0.3, -0.25) is 9.59 Å². The van der Waals surface area contributed by atoms with Crippen molar-refractivity contribution in [1.82, 2.24) is 10.2 Å². The summed E-state index contributed by atoms with van der Waals surface area (Å²) in [7, 11) is 1.32. The molecule has 1 aliphatic heterocycles. The van der Waals surface area contributed by atoms with Crippen LogP contribution in [0.2, 0.25) is 0 Å². The van der Waals surface area contributed by atoms with Gasteiger partial charge < -0.3 is 15.0 Å². The summed E-state index contributed by atoms with van der Waals surface area (Å²) in [6.07, 6.45) is 5.05. The van der Waals surface area contributed by atoms with Crippen molar-refractivity contribution in [2.75, 3.05) is 26.7 Å². The lowest BCUT2D eigenvalue weighted by molar-refractivity contribution is -0.131. The zero-order valence-corrected chi connectivity index (χ0v) is 13.1. The second kappa shape index (κ2) is 8.12. The summed E-state index contributed by atoms with van der Waals surface area (Å²) in [4.78, 5) is 36.6. The molecular weight excluding hydrogens is 296 g/mol. The van der Waals surface area contributed by atoms with Gasteiger partial charge in [0.25, 0.3) is 0 Å². The summed E-state index contributed by atoms with van der Waals surface area (Å²) in [5, 5.41) is 2.58. The highest BCUT2D eigenvalue weighted by molar-refractivity contribution is 5.94. The zero-order chi connectivity index (χ0) is 16.7. The molecule has 23 heavy (non-hydrogen) atoms. The van der Waals surface area contributed by atoms with E-state index in [-0.39, 0.29) is 18.4 Å². The Morgan fingerprint density at radius 2 is 1.83 bits per heavy atom. The van der Waals surface area contributed by atoms with Crippen molar-refractivity contribution in [3.8, 4) is 0 Å². The predicted octanol–water partition coefficient (Wildman–Crippen LogP) is 1.22. The van der Waals surface area contributed by atoms with Crippen molar-refractivity contribution < 1.29 is 19.1 Å². The van der Waals surface area contributed by atoms with Gasteiger partial charge in [-0.05, 0) is 36.6 Å². The van der Waals surface area contributed by atoms with Crippen molar-refractivity contribution in [3.63, 3.8) is 0 Å². The number of hydrogen-bond donors (Lipinski definition) is 1. The molecule has 1 heterocycles. The smallest absolute Gasteiger partial charge is 0.337 e. The predicted molar refractivity (Wildman–Crippen MR) is 85.6 cm³/mol. The van der Waals surface area contributed by atoms with Crippen molar-refractivity contribution in [3.05, 3.63) is 41.5 Å². The Morgan fingerprint density at radius 1 is 1.17 bits per heavy atom. The van der Waals surface area contributed by atoms with Gasteiger partial charge in [0, 0.05) is 19.2 Å². The van der Waals surface area contributed by atoms with Gasteiger partial charge in [0.05, 0.1) is 19.2 Å². The minimum atomic E-state index is -0.404. The third-order valence-electron chi connectivity index (χ3n) is 3.63. The summed E-state index contributed by atoms with van der Waals surface area (Å²) < 4.78 is 4.61. The SMILES string of the molecule is COC(=O)c1ccc(/C=C/C(=O)NCC(=O)N2CCCC2)cc1. The van der Waals surface area contributed by atoms with Gasteiger partial charge in [-0.25, -0.2) is 4.79 Å². The number of nitrogens with one attached hydrogen (secondary N) is 1. The third-order valence-corrected chi connectivity index (χ3v) is 3.63. The lowest BCUT2D eigenvalue weighted by Gasteiger charge is -2.14. The lowest BCUT2D eigenvalue weighted by atomic mass is 10.1. The quantitative estimate of drug-likeness (QED) is 0.655. The molecule has 1 N–H and O–H groups in total. The van der Waals surface area contributed by atoms with Crippen LogP contribution in [0.4, 0.5) is 0 Å². The molecule has 6 nitrogen and oxygen atoms in total. The molecule has 1 aromatic rings. The molecule has 0 aliphatic carbocycles. The monoisotopic (exact) mass is 316 g/mol. The largest absolute Gasteiger partial charge is 0.465 e. The summed E-state index contributed by atoms with van der Waals surface area (Å²) in [5.41, 5.74) is 1.23. The normalized spacial score (nSPS) is 14.0. The minimum absolute atomic E-state index is 0.0183. The Hall–Kier alpha value is -2.63. The Kier molecular flexibility index (Phi) is 5.91. The van der Waals surface area contributed by atoms with Gasteiger partial charge >= 0.3 is 5.97 Å². The molecule has 0 spiro atoms. The van der Waals surface area contributed by atoms with Crippen molar-refractivity contribution in [2.24, 2.45) is 0 Å². The van der Waals surface area contributed by atoms with E-state index in [9.17, 15) is 14.4 Å². The van der Waals surface area contributed by atoms with E-state index in [0.29, 0.717) is 5.56 Å². The molecule has 2 rings (SSSR count). The molecule has 0 unspecified atom stereocenters. The Labute approximate surface area is 135 Å². The van der Waals surface area contributed by atoms with Gasteiger partial charge in [-0.2, -0.15) is 0 Å². The van der Waals surface area contributed by atoms with Gasteiger partial charge in [0.2, 0.25) is 11.8 Å². The molecule has 1 aliphatic rings. The average molecular weight is 316 g/mol. The van der Waals surface area contributed by atoms with Crippen LogP contribution < -0.4 is 5.32 Å². The third kappa shape index (κ3) is 4.95. The minimum Gasteiger partial charge on any atom is -0.465 e. The Morgan fingerprint density at radius 3 is 2.43 bits per heavy atom. The maximum atomic E-state index is 11.8. The van der Waals surface area contributed by atoms with E-state index < -0.39 is 5.97 Å². The number of rotatable bonds is 5. The highest BCUT2D eigenvalue weighted by atomic mass is 16.5. The molecule has 0 atom stereocenters. The van der Waals surface area contributed by atoms with Crippen LogP contribution in [0, 0.1) is 0 Å². The van der Waals surface area contributed by atoms with Crippen molar-refractivity contribution in [1.29, 1.82) is 0 Å².